The molecule has 1 unspecified atom stereocenters. The number of nitrogens with two attached hydrogens (primary N) is 2. The first-order valence-electron chi connectivity index (χ1n) is 24.4. The van der Waals surface area contributed by atoms with Gasteiger partial charge in [-0.05, 0) is 51.5 Å². The predicted octanol–water partition coefficient (Wildman–Crippen LogP) is 13.8. The van der Waals surface area contributed by atoms with Gasteiger partial charge in [-0.25, -0.2) is 4.79 Å². The largest absolute Gasteiger partial charge is 0.445 e. The molecule has 0 heterocycles. The number of hydrogen-bond donors (Lipinski definition) is 2. The molecule has 0 rings (SSSR count). The highest BCUT2D eigenvalue weighted by molar-refractivity contribution is 5.99. The second-order valence-electron chi connectivity index (χ2n) is 16.8. The summed E-state index contributed by atoms with van der Waals surface area (Å²) in [4.78, 5) is 42.6. The van der Waals surface area contributed by atoms with Crippen LogP contribution in [0.15, 0.2) is 0 Å². The van der Waals surface area contributed by atoms with Crippen LogP contribution in [0.1, 0.15) is 271 Å². The van der Waals surface area contributed by atoms with Crippen LogP contribution in [0.2, 0.25) is 0 Å². The van der Waals surface area contributed by atoms with Gasteiger partial charge in [0.05, 0.1) is 0 Å². The summed E-state index contributed by atoms with van der Waals surface area (Å²) in [5, 5.41) is 0. The fraction of sp³-hybridized carbons (Fsp3) is 0.938. The number of nitrogens with zero attached hydrogens (tertiary/aromatic N) is 1. The molecule has 2 amide bonds. The van der Waals surface area contributed by atoms with E-state index in [1.807, 2.05) is 0 Å². The van der Waals surface area contributed by atoms with Crippen molar-refractivity contribution >= 4 is 17.8 Å². The molecule has 4 N–H and O–H groups in total. The van der Waals surface area contributed by atoms with Crippen molar-refractivity contribution in [3.8, 4) is 0 Å². The summed E-state index contributed by atoms with van der Waals surface area (Å²) in [5.41, 5.74) is 12.2. The van der Waals surface area contributed by atoms with E-state index in [9.17, 15) is 14.4 Å². The topological polar surface area (TPSA) is 116 Å². The zero-order valence-corrected chi connectivity index (χ0v) is 37.2. The zero-order chi connectivity index (χ0) is 40.5. The lowest BCUT2D eigenvalue weighted by Crippen LogP contribution is -2.50. The fourth-order valence-electron chi connectivity index (χ4n) is 7.74. The standard InChI is InChI=1S/C48H95N3O4/c1-4-7-10-13-16-19-20-21-22-23-24-27-28-31-34-40-45(50)55-48(54)44(39-37-38-43-49)51(46(52)41-35-32-29-25-17-14-11-8-5-2)47(53)42-36-33-30-26-18-15-12-9-6-3/h44-45H,4-43,49-50H2,1-3H3/t44-,45?/m0/s1. The van der Waals surface area contributed by atoms with Crippen LogP contribution in [0, 0.1) is 0 Å². The van der Waals surface area contributed by atoms with E-state index in [0.29, 0.717) is 25.8 Å². The van der Waals surface area contributed by atoms with Crippen molar-refractivity contribution < 1.29 is 19.1 Å². The number of unbranched alkanes of at least 4 members (excludes halogenated alkanes) is 31. The normalized spacial score (nSPS) is 12.5. The first-order chi connectivity index (χ1) is 26.9. The van der Waals surface area contributed by atoms with Crippen LogP contribution in [-0.4, -0.2) is 41.5 Å². The van der Waals surface area contributed by atoms with Crippen LogP contribution < -0.4 is 11.5 Å². The molecule has 326 valence electrons. The summed E-state index contributed by atoms with van der Waals surface area (Å²) in [6.07, 6.45) is 42.3. The van der Waals surface area contributed by atoms with Gasteiger partial charge >= 0.3 is 5.97 Å². The summed E-state index contributed by atoms with van der Waals surface area (Å²) in [7, 11) is 0. The van der Waals surface area contributed by atoms with E-state index in [1.165, 1.54) is 165 Å². The van der Waals surface area contributed by atoms with Crippen molar-refractivity contribution in [2.45, 2.75) is 283 Å². The second kappa shape index (κ2) is 42.1. The SMILES string of the molecule is CCCCCCCCCCCCCCCCCC(N)OC(=O)[C@H](CCCCN)N(C(=O)CCCCCCCCCCC)C(=O)CCCCCCCCCCC. The van der Waals surface area contributed by atoms with Crippen LogP contribution in [0.4, 0.5) is 0 Å². The third kappa shape index (κ3) is 34.3. The summed E-state index contributed by atoms with van der Waals surface area (Å²) >= 11 is 0. The van der Waals surface area contributed by atoms with Crippen molar-refractivity contribution in [1.82, 2.24) is 4.90 Å². The molecular formula is C48H95N3O4. The maximum absolute atomic E-state index is 13.8. The molecule has 0 aliphatic carbocycles. The third-order valence-electron chi connectivity index (χ3n) is 11.4. The Kier molecular flexibility index (Phi) is 41.0. The maximum atomic E-state index is 13.8. The maximum Gasteiger partial charge on any atom is 0.330 e. The molecule has 7 heteroatoms. The lowest BCUT2D eigenvalue weighted by Gasteiger charge is -2.30. The number of ether oxygens (including phenoxy) is 1. The van der Waals surface area contributed by atoms with Crippen molar-refractivity contribution in [3.05, 3.63) is 0 Å². The van der Waals surface area contributed by atoms with E-state index < -0.39 is 18.2 Å². The van der Waals surface area contributed by atoms with Crippen molar-refractivity contribution in [2.75, 3.05) is 6.54 Å². The van der Waals surface area contributed by atoms with Gasteiger partial charge in [-0.3, -0.25) is 20.2 Å². The van der Waals surface area contributed by atoms with E-state index in [2.05, 4.69) is 20.8 Å². The monoisotopic (exact) mass is 778 g/mol. The lowest BCUT2D eigenvalue weighted by atomic mass is 10.0. The minimum Gasteiger partial charge on any atom is -0.445 e. The number of rotatable bonds is 43. The molecule has 2 atom stereocenters. The van der Waals surface area contributed by atoms with Crippen LogP contribution in [-0.2, 0) is 19.1 Å². The van der Waals surface area contributed by atoms with Crippen LogP contribution in [0.3, 0.4) is 0 Å². The molecule has 0 radical (unpaired) electrons. The third-order valence-corrected chi connectivity index (χ3v) is 11.4. The Balaban J connectivity index is 4.95. The number of carbonyl (C=O) groups is 3. The molecule has 0 aromatic rings. The summed E-state index contributed by atoms with van der Waals surface area (Å²) in [5.74, 6) is -1.02. The first-order valence-corrected chi connectivity index (χ1v) is 24.4. The summed E-state index contributed by atoms with van der Waals surface area (Å²) in [6.45, 7) is 7.25. The highest BCUT2D eigenvalue weighted by Crippen LogP contribution is 2.20. The number of esters is 1. The second-order valence-corrected chi connectivity index (χ2v) is 16.8. The number of hydrogen-bond acceptors (Lipinski definition) is 6. The van der Waals surface area contributed by atoms with Gasteiger partial charge in [-0.2, -0.15) is 0 Å². The molecule has 0 fully saturated rings. The average Bonchev–Trinajstić information content (AvgIpc) is 3.17. The van der Waals surface area contributed by atoms with E-state index in [-0.39, 0.29) is 24.7 Å². The van der Waals surface area contributed by atoms with Gasteiger partial charge in [0.15, 0.2) is 6.23 Å². The predicted molar refractivity (Wildman–Crippen MR) is 236 cm³/mol. The van der Waals surface area contributed by atoms with E-state index in [1.54, 1.807) is 0 Å². The highest BCUT2D eigenvalue weighted by atomic mass is 16.6. The van der Waals surface area contributed by atoms with E-state index in [4.69, 9.17) is 16.2 Å². The van der Waals surface area contributed by atoms with Crippen LogP contribution >= 0.6 is 0 Å². The van der Waals surface area contributed by atoms with Gasteiger partial charge in [-0.1, -0.05) is 213 Å². The Labute approximate surface area is 342 Å². The number of amides is 2. The lowest BCUT2D eigenvalue weighted by molar-refractivity contribution is -0.165. The fourth-order valence-corrected chi connectivity index (χ4v) is 7.74. The molecule has 0 aromatic heterocycles. The van der Waals surface area contributed by atoms with Gasteiger partial charge in [0.25, 0.3) is 0 Å². The average molecular weight is 778 g/mol. The molecule has 0 aliphatic rings. The van der Waals surface area contributed by atoms with Gasteiger partial charge in [-0.15, -0.1) is 0 Å². The number of imide groups is 1. The Morgan fingerprint density at radius 3 is 1.04 bits per heavy atom. The highest BCUT2D eigenvalue weighted by Gasteiger charge is 2.35. The minimum absolute atomic E-state index is 0.241. The Hall–Kier alpha value is -1.47. The van der Waals surface area contributed by atoms with E-state index in [0.717, 1.165) is 57.8 Å². The molecule has 0 spiro atoms. The molecule has 0 aromatic carbocycles. The first kappa shape index (κ1) is 53.5. The van der Waals surface area contributed by atoms with Gasteiger partial charge in [0, 0.05) is 12.8 Å². The van der Waals surface area contributed by atoms with Crippen LogP contribution in [0.25, 0.3) is 0 Å². The van der Waals surface area contributed by atoms with E-state index >= 15 is 0 Å². The Morgan fingerprint density at radius 2 is 0.709 bits per heavy atom. The molecular weight excluding hydrogens is 683 g/mol. The minimum atomic E-state index is -0.934. The molecule has 0 bridgehead atoms. The van der Waals surface area contributed by atoms with Crippen molar-refractivity contribution in [3.63, 3.8) is 0 Å². The quantitative estimate of drug-likeness (QED) is 0.0362. The molecule has 7 nitrogen and oxygen atoms in total. The van der Waals surface area contributed by atoms with Gasteiger partial charge in [0.1, 0.15) is 6.04 Å². The molecule has 55 heavy (non-hydrogen) atoms. The summed E-state index contributed by atoms with van der Waals surface area (Å²) < 4.78 is 5.80. The zero-order valence-electron chi connectivity index (χ0n) is 37.2. The van der Waals surface area contributed by atoms with Crippen molar-refractivity contribution in [2.24, 2.45) is 11.5 Å². The number of carbonyl (C=O) groups excluding carboxylic acids is 3. The Morgan fingerprint density at radius 1 is 0.418 bits per heavy atom. The van der Waals surface area contributed by atoms with Gasteiger partial charge in [0.2, 0.25) is 11.8 Å². The van der Waals surface area contributed by atoms with Crippen molar-refractivity contribution in [1.29, 1.82) is 0 Å². The molecule has 0 saturated heterocycles. The summed E-state index contributed by atoms with van der Waals surface area (Å²) in [6, 6.07) is -0.934. The Bertz CT molecular complexity index is 819. The smallest absolute Gasteiger partial charge is 0.330 e. The van der Waals surface area contributed by atoms with Gasteiger partial charge < -0.3 is 10.5 Å². The van der Waals surface area contributed by atoms with Crippen LogP contribution in [0.5, 0.6) is 0 Å². The molecule has 0 aliphatic heterocycles. The molecule has 0 saturated carbocycles.